The van der Waals surface area contributed by atoms with E-state index in [0.717, 1.165) is 62.8 Å². The summed E-state index contributed by atoms with van der Waals surface area (Å²) in [6.45, 7) is 3.78. The Kier molecular flexibility index (Phi) is 6.73. The predicted molar refractivity (Wildman–Crippen MR) is 128 cm³/mol. The third-order valence-electron chi connectivity index (χ3n) is 6.05. The van der Waals surface area contributed by atoms with Crippen molar-refractivity contribution in [2.24, 2.45) is 0 Å². The van der Waals surface area contributed by atoms with Crippen molar-refractivity contribution in [3.63, 3.8) is 0 Å². The third-order valence-corrected chi connectivity index (χ3v) is 6.05. The maximum absolute atomic E-state index is 13.3. The van der Waals surface area contributed by atoms with Crippen molar-refractivity contribution >= 4 is 35.1 Å². The number of piperidine rings is 2. The molecule has 0 spiro atoms. The van der Waals surface area contributed by atoms with E-state index < -0.39 is 0 Å². The molecule has 3 aromatic rings. The Morgan fingerprint density at radius 1 is 1.00 bits per heavy atom. The topological polar surface area (TPSA) is 85.9 Å². The molecule has 4 heterocycles. The molecule has 5 rings (SSSR count). The van der Waals surface area contributed by atoms with Crippen LogP contribution in [0.2, 0.25) is 0 Å². The van der Waals surface area contributed by atoms with E-state index in [-0.39, 0.29) is 24.0 Å². The van der Waals surface area contributed by atoms with Crippen LogP contribution in [0.5, 0.6) is 0 Å². The third kappa shape index (κ3) is 4.67. The molecule has 8 heteroatoms. The number of nitrogens with zero attached hydrogens (tertiary/aromatic N) is 3. The van der Waals surface area contributed by atoms with Crippen LogP contribution in [0, 0.1) is 0 Å². The summed E-state index contributed by atoms with van der Waals surface area (Å²) in [6.07, 6.45) is 5.67. The van der Waals surface area contributed by atoms with Gasteiger partial charge in [0.1, 0.15) is 11.4 Å². The molecule has 1 aromatic carbocycles. The highest BCUT2D eigenvalue weighted by atomic mass is 35.5. The lowest BCUT2D eigenvalue weighted by molar-refractivity contribution is 0.479. The lowest BCUT2D eigenvalue weighted by atomic mass is 10.1. The number of rotatable bonds is 4. The van der Waals surface area contributed by atoms with Crippen LogP contribution in [0.4, 0.5) is 11.8 Å². The number of fused-ring (bicyclic) bond motifs is 1. The number of nitrogens with one attached hydrogen (secondary N) is 3. The van der Waals surface area contributed by atoms with Gasteiger partial charge in [-0.15, -0.1) is 12.4 Å². The predicted octanol–water partition coefficient (Wildman–Crippen LogP) is 3.56. The Balaban J connectivity index is 0.00000231. The monoisotopic (exact) mass is 440 g/mol. The van der Waals surface area contributed by atoms with Crippen molar-refractivity contribution in [1.82, 2.24) is 20.3 Å². The molecule has 2 aromatic heterocycles. The van der Waals surface area contributed by atoms with Gasteiger partial charge in [-0.25, -0.2) is 4.98 Å². The molecule has 3 N–H and O–H groups in total. The highest BCUT2D eigenvalue weighted by Gasteiger charge is 2.22. The van der Waals surface area contributed by atoms with E-state index in [1.165, 1.54) is 6.42 Å². The molecule has 7 nitrogen and oxygen atoms in total. The van der Waals surface area contributed by atoms with Gasteiger partial charge in [0.15, 0.2) is 0 Å². The zero-order chi connectivity index (χ0) is 20.3. The molecular weight excluding hydrogens is 412 g/mol. The Bertz CT molecular complexity index is 1090. The largest absolute Gasteiger partial charge is 0.365 e. The van der Waals surface area contributed by atoms with Gasteiger partial charge >= 0.3 is 0 Å². The standard InChI is InChI=1S/C23H28N6O.ClH/c30-22-20(19-11-10-16-7-2-3-9-18(16)26-19)21(25-17-8-6-12-24-15-17)27-23(28-22)29-13-4-1-5-14-29;/h2-3,7,9-11,17,24H,1,4-6,8,12-15H2,(H2,25,27,28,30);1H/t17-;/m1./s1. The zero-order valence-electron chi connectivity index (χ0n) is 17.6. The Labute approximate surface area is 188 Å². The molecule has 164 valence electrons. The average molecular weight is 441 g/mol. The summed E-state index contributed by atoms with van der Waals surface area (Å²) in [6, 6.07) is 12.1. The normalized spacial score (nSPS) is 19.1. The molecule has 31 heavy (non-hydrogen) atoms. The van der Waals surface area contributed by atoms with Gasteiger partial charge in [-0.1, -0.05) is 24.3 Å². The zero-order valence-corrected chi connectivity index (χ0v) is 18.4. The maximum atomic E-state index is 13.3. The second kappa shape index (κ2) is 9.66. The number of pyridine rings is 1. The Morgan fingerprint density at radius 2 is 1.84 bits per heavy atom. The molecule has 0 radical (unpaired) electrons. The fourth-order valence-corrected chi connectivity index (χ4v) is 4.43. The number of para-hydroxylation sites is 1. The summed E-state index contributed by atoms with van der Waals surface area (Å²) >= 11 is 0. The van der Waals surface area contributed by atoms with Crippen molar-refractivity contribution in [1.29, 1.82) is 0 Å². The Morgan fingerprint density at radius 3 is 2.65 bits per heavy atom. The van der Waals surface area contributed by atoms with Crippen LogP contribution in [0.3, 0.4) is 0 Å². The first-order valence-electron chi connectivity index (χ1n) is 11.0. The van der Waals surface area contributed by atoms with Crippen LogP contribution in [0.15, 0.2) is 41.2 Å². The van der Waals surface area contributed by atoms with Gasteiger partial charge < -0.3 is 15.5 Å². The second-order valence-electron chi connectivity index (χ2n) is 8.24. The number of benzene rings is 1. The van der Waals surface area contributed by atoms with Gasteiger partial charge in [0.25, 0.3) is 5.56 Å². The first-order chi connectivity index (χ1) is 14.8. The molecule has 2 aliphatic rings. The molecule has 1 atom stereocenters. The van der Waals surface area contributed by atoms with Gasteiger partial charge in [-0.05, 0) is 50.8 Å². The van der Waals surface area contributed by atoms with Gasteiger partial charge in [0.2, 0.25) is 5.95 Å². The van der Waals surface area contributed by atoms with E-state index in [2.05, 4.69) is 20.5 Å². The lowest BCUT2D eigenvalue weighted by Crippen LogP contribution is -2.39. The van der Waals surface area contributed by atoms with Gasteiger partial charge in [0, 0.05) is 31.1 Å². The minimum absolute atomic E-state index is 0. The maximum Gasteiger partial charge on any atom is 0.263 e. The minimum atomic E-state index is -0.139. The summed E-state index contributed by atoms with van der Waals surface area (Å²) in [5.74, 6) is 1.30. The first-order valence-corrected chi connectivity index (χ1v) is 11.0. The van der Waals surface area contributed by atoms with Crippen molar-refractivity contribution in [2.75, 3.05) is 36.4 Å². The van der Waals surface area contributed by atoms with Gasteiger partial charge in [-0.2, -0.15) is 4.98 Å². The van der Waals surface area contributed by atoms with E-state index in [9.17, 15) is 4.79 Å². The van der Waals surface area contributed by atoms with Crippen LogP contribution >= 0.6 is 12.4 Å². The average Bonchev–Trinajstić information content (AvgIpc) is 2.80. The molecule has 0 amide bonds. The molecule has 0 saturated carbocycles. The summed E-state index contributed by atoms with van der Waals surface area (Å²) in [5, 5.41) is 8.04. The quantitative estimate of drug-likeness (QED) is 0.575. The number of halogens is 1. The lowest BCUT2D eigenvalue weighted by Gasteiger charge is -2.29. The number of anilines is 2. The van der Waals surface area contributed by atoms with Crippen molar-refractivity contribution in [3.05, 3.63) is 46.8 Å². The molecule has 2 fully saturated rings. The van der Waals surface area contributed by atoms with Gasteiger partial charge in [0.05, 0.1) is 11.2 Å². The second-order valence-corrected chi connectivity index (χ2v) is 8.24. The van der Waals surface area contributed by atoms with E-state index in [4.69, 9.17) is 9.97 Å². The SMILES string of the molecule is Cl.O=c1[nH]c(N2CCCCC2)nc(N[C@@H]2CCCNC2)c1-c1ccc2ccccc2n1. The summed E-state index contributed by atoms with van der Waals surface area (Å²) in [7, 11) is 0. The van der Waals surface area contributed by atoms with Crippen molar-refractivity contribution in [3.8, 4) is 11.3 Å². The number of hydrogen-bond donors (Lipinski definition) is 3. The van der Waals surface area contributed by atoms with E-state index in [1.807, 2.05) is 36.4 Å². The molecule has 2 saturated heterocycles. The molecule has 0 bridgehead atoms. The van der Waals surface area contributed by atoms with E-state index in [1.54, 1.807) is 0 Å². The van der Waals surface area contributed by atoms with Crippen LogP contribution in [0.25, 0.3) is 22.2 Å². The van der Waals surface area contributed by atoms with Crippen LogP contribution in [-0.2, 0) is 0 Å². The number of hydrogen-bond acceptors (Lipinski definition) is 6. The van der Waals surface area contributed by atoms with Crippen molar-refractivity contribution < 1.29 is 0 Å². The summed E-state index contributed by atoms with van der Waals surface area (Å²) < 4.78 is 0. The molecule has 0 unspecified atom stereocenters. The smallest absolute Gasteiger partial charge is 0.263 e. The van der Waals surface area contributed by atoms with Crippen LogP contribution in [0.1, 0.15) is 32.1 Å². The summed E-state index contributed by atoms with van der Waals surface area (Å²) in [5.41, 5.74) is 1.91. The number of H-pyrrole nitrogens is 1. The van der Waals surface area contributed by atoms with Gasteiger partial charge in [-0.3, -0.25) is 9.78 Å². The van der Waals surface area contributed by atoms with Crippen LogP contribution < -0.4 is 21.1 Å². The number of aromatic amines is 1. The van der Waals surface area contributed by atoms with Crippen LogP contribution in [-0.4, -0.2) is 47.2 Å². The summed E-state index contributed by atoms with van der Waals surface area (Å²) in [4.78, 5) is 28.2. The molecule has 2 aliphatic heterocycles. The van der Waals surface area contributed by atoms with E-state index in [0.29, 0.717) is 23.0 Å². The van der Waals surface area contributed by atoms with E-state index >= 15 is 0 Å². The first kappa shape index (κ1) is 21.6. The fraction of sp³-hybridized carbons (Fsp3) is 0.435. The minimum Gasteiger partial charge on any atom is -0.365 e. The number of aromatic nitrogens is 3. The molecule has 0 aliphatic carbocycles. The molecular formula is C23H29ClN6O. The Hall–Kier alpha value is -2.64. The highest BCUT2D eigenvalue weighted by Crippen LogP contribution is 2.27. The highest BCUT2D eigenvalue weighted by molar-refractivity contribution is 5.85. The fourth-order valence-electron chi connectivity index (χ4n) is 4.43. The van der Waals surface area contributed by atoms with Crippen molar-refractivity contribution in [2.45, 2.75) is 38.1 Å².